The lowest BCUT2D eigenvalue weighted by atomic mass is 10.2. The Morgan fingerprint density at radius 3 is 2.75 bits per heavy atom. The molecule has 0 aliphatic rings. The van der Waals surface area contributed by atoms with Gasteiger partial charge >= 0.3 is 0 Å². The summed E-state index contributed by atoms with van der Waals surface area (Å²) in [6.07, 6.45) is 3.26. The maximum absolute atomic E-state index is 5.72. The molecule has 0 saturated carbocycles. The number of thioether (sulfide) groups is 1. The molecular weight excluding hydrogens is 220 g/mol. The van der Waals surface area contributed by atoms with Gasteiger partial charge in [0.25, 0.3) is 0 Å². The zero-order chi connectivity index (χ0) is 12.1. The topological polar surface area (TPSA) is 55.0 Å². The van der Waals surface area contributed by atoms with Gasteiger partial charge in [0, 0.05) is 19.2 Å². The van der Waals surface area contributed by atoms with Crippen LogP contribution in [0.1, 0.15) is 19.2 Å². The Hall–Kier alpha value is -0.970. The Bertz CT molecular complexity index is 323. The second kappa shape index (κ2) is 5.94. The molecule has 5 heteroatoms. The van der Waals surface area contributed by atoms with Gasteiger partial charge < -0.3 is 10.6 Å². The van der Waals surface area contributed by atoms with Crippen LogP contribution >= 0.6 is 11.8 Å². The number of rotatable bonds is 5. The molecule has 0 fully saturated rings. The number of anilines is 2. The first kappa shape index (κ1) is 13.1. The van der Waals surface area contributed by atoms with Crippen LogP contribution in [0.15, 0.2) is 6.07 Å². The lowest BCUT2D eigenvalue weighted by molar-refractivity contribution is 0.660. The molecule has 0 saturated heterocycles. The number of aromatic nitrogens is 2. The number of nitrogens with two attached hydrogens (primary N) is 1. The van der Waals surface area contributed by atoms with E-state index in [1.165, 1.54) is 0 Å². The number of nitrogen functional groups attached to an aromatic ring is 1. The first-order valence-corrected chi connectivity index (χ1v) is 6.77. The molecule has 0 radical (unpaired) electrons. The molecule has 0 aliphatic carbocycles. The van der Waals surface area contributed by atoms with Crippen LogP contribution < -0.4 is 10.6 Å². The molecule has 0 aliphatic heterocycles. The van der Waals surface area contributed by atoms with Crippen LogP contribution in [0.4, 0.5) is 11.6 Å². The van der Waals surface area contributed by atoms with Crippen molar-refractivity contribution in [2.45, 2.75) is 26.3 Å². The fraction of sp³-hybridized carbons (Fsp3) is 0.636. The highest BCUT2D eigenvalue weighted by Gasteiger charge is 2.11. The van der Waals surface area contributed by atoms with Crippen LogP contribution in [0.5, 0.6) is 0 Å². The van der Waals surface area contributed by atoms with Crippen molar-refractivity contribution >= 4 is 23.4 Å². The summed E-state index contributed by atoms with van der Waals surface area (Å²) in [5.41, 5.74) is 5.72. The predicted octanol–water partition coefficient (Wildman–Crippen LogP) is 1.95. The van der Waals surface area contributed by atoms with Gasteiger partial charge in [-0.05, 0) is 32.3 Å². The van der Waals surface area contributed by atoms with Gasteiger partial charge in [0.05, 0.1) is 0 Å². The van der Waals surface area contributed by atoms with E-state index in [2.05, 4.69) is 28.0 Å². The second-order valence-corrected chi connectivity index (χ2v) is 4.93. The van der Waals surface area contributed by atoms with E-state index in [4.69, 9.17) is 5.73 Å². The Morgan fingerprint density at radius 1 is 1.50 bits per heavy atom. The van der Waals surface area contributed by atoms with Gasteiger partial charge in [-0.2, -0.15) is 11.8 Å². The standard InChI is InChI=1S/C11H20N4S/c1-8(5-6-16-4)15(3)11-7-10(12)13-9(2)14-11/h7-8H,5-6H2,1-4H3,(H2,12,13,14). The summed E-state index contributed by atoms with van der Waals surface area (Å²) in [7, 11) is 2.05. The highest BCUT2D eigenvalue weighted by molar-refractivity contribution is 7.98. The van der Waals surface area contributed by atoms with E-state index in [1.54, 1.807) is 0 Å². The Labute approximate surface area is 102 Å². The summed E-state index contributed by atoms with van der Waals surface area (Å²) in [5, 5.41) is 0. The monoisotopic (exact) mass is 240 g/mol. The third-order valence-corrected chi connectivity index (χ3v) is 3.25. The normalized spacial score (nSPS) is 12.5. The van der Waals surface area contributed by atoms with Gasteiger partial charge in [-0.15, -0.1) is 0 Å². The highest BCUT2D eigenvalue weighted by atomic mass is 32.2. The minimum Gasteiger partial charge on any atom is -0.384 e. The number of hydrogen-bond acceptors (Lipinski definition) is 5. The summed E-state index contributed by atoms with van der Waals surface area (Å²) in [5.74, 6) is 3.31. The minimum atomic E-state index is 0.459. The molecule has 1 aromatic heterocycles. The molecule has 1 atom stereocenters. The predicted molar refractivity (Wildman–Crippen MR) is 72.0 cm³/mol. The molecule has 0 aromatic carbocycles. The molecule has 2 N–H and O–H groups in total. The Balaban J connectivity index is 2.74. The van der Waals surface area contributed by atoms with Crippen molar-refractivity contribution < 1.29 is 0 Å². The molecule has 1 aromatic rings. The van der Waals surface area contributed by atoms with Crippen molar-refractivity contribution in [1.29, 1.82) is 0 Å². The molecule has 1 unspecified atom stereocenters. The van der Waals surface area contributed by atoms with E-state index in [0.29, 0.717) is 11.9 Å². The molecular formula is C11H20N4S. The van der Waals surface area contributed by atoms with Crippen LogP contribution in [0.2, 0.25) is 0 Å². The van der Waals surface area contributed by atoms with E-state index in [1.807, 2.05) is 31.8 Å². The third-order valence-electron chi connectivity index (χ3n) is 2.61. The summed E-state index contributed by atoms with van der Waals surface area (Å²) < 4.78 is 0. The molecule has 1 rings (SSSR count). The van der Waals surface area contributed by atoms with Crippen LogP contribution in [-0.2, 0) is 0 Å². The van der Waals surface area contributed by atoms with Gasteiger partial charge in [-0.3, -0.25) is 0 Å². The van der Waals surface area contributed by atoms with E-state index in [0.717, 1.165) is 23.8 Å². The summed E-state index contributed by atoms with van der Waals surface area (Å²) in [4.78, 5) is 10.6. The zero-order valence-corrected chi connectivity index (χ0v) is 11.2. The van der Waals surface area contributed by atoms with Crippen LogP contribution in [0.25, 0.3) is 0 Å². The van der Waals surface area contributed by atoms with E-state index < -0.39 is 0 Å². The largest absolute Gasteiger partial charge is 0.384 e. The first-order valence-electron chi connectivity index (χ1n) is 5.37. The van der Waals surface area contributed by atoms with Crippen molar-refractivity contribution in [1.82, 2.24) is 9.97 Å². The average Bonchev–Trinajstić information content (AvgIpc) is 2.23. The zero-order valence-electron chi connectivity index (χ0n) is 10.4. The fourth-order valence-electron chi connectivity index (χ4n) is 1.46. The van der Waals surface area contributed by atoms with Gasteiger partial charge in [0.2, 0.25) is 0 Å². The number of aryl methyl sites for hydroxylation is 1. The van der Waals surface area contributed by atoms with Gasteiger partial charge in [0.1, 0.15) is 17.5 Å². The smallest absolute Gasteiger partial charge is 0.134 e. The van der Waals surface area contributed by atoms with Crippen molar-refractivity contribution in [3.8, 4) is 0 Å². The molecule has 0 amide bonds. The van der Waals surface area contributed by atoms with E-state index >= 15 is 0 Å². The average molecular weight is 240 g/mol. The maximum Gasteiger partial charge on any atom is 0.134 e. The number of nitrogens with zero attached hydrogens (tertiary/aromatic N) is 3. The van der Waals surface area contributed by atoms with Gasteiger partial charge in [-0.25, -0.2) is 9.97 Å². The first-order chi connectivity index (χ1) is 7.54. The van der Waals surface area contributed by atoms with Gasteiger partial charge in [-0.1, -0.05) is 0 Å². The SMILES string of the molecule is CSCCC(C)N(C)c1cc(N)nc(C)n1. The maximum atomic E-state index is 5.72. The van der Waals surface area contributed by atoms with Gasteiger partial charge in [0.15, 0.2) is 0 Å². The lowest BCUT2D eigenvalue weighted by Gasteiger charge is -2.26. The van der Waals surface area contributed by atoms with Crippen molar-refractivity contribution in [2.24, 2.45) is 0 Å². The molecule has 1 heterocycles. The summed E-state index contributed by atoms with van der Waals surface area (Å²) >= 11 is 1.86. The lowest BCUT2D eigenvalue weighted by Crippen LogP contribution is -2.30. The molecule has 0 spiro atoms. The number of hydrogen-bond donors (Lipinski definition) is 1. The quantitative estimate of drug-likeness (QED) is 0.852. The molecule has 4 nitrogen and oxygen atoms in total. The van der Waals surface area contributed by atoms with E-state index in [-0.39, 0.29) is 0 Å². The van der Waals surface area contributed by atoms with Crippen molar-refractivity contribution in [2.75, 3.05) is 29.7 Å². The van der Waals surface area contributed by atoms with Crippen molar-refractivity contribution in [3.63, 3.8) is 0 Å². The molecule has 90 valence electrons. The minimum absolute atomic E-state index is 0.459. The third kappa shape index (κ3) is 3.56. The van der Waals surface area contributed by atoms with Crippen molar-refractivity contribution in [3.05, 3.63) is 11.9 Å². The fourth-order valence-corrected chi connectivity index (χ4v) is 2.04. The van der Waals surface area contributed by atoms with Crippen LogP contribution in [0.3, 0.4) is 0 Å². The Kier molecular flexibility index (Phi) is 4.86. The highest BCUT2D eigenvalue weighted by Crippen LogP contribution is 2.17. The molecule has 16 heavy (non-hydrogen) atoms. The van der Waals surface area contributed by atoms with Crippen LogP contribution in [0, 0.1) is 6.92 Å². The second-order valence-electron chi connectivity index (χ2n) is 3.94. The van der Waals surface area contributed by atoms with Crippen LogP contribution in [-0.4, -0.2) is 35.1 Å². The molecule has 0 bridgehead atoms. The Morgan fingerprint density at radius 2 is 2.19 bits per heavy atom. The summed E-state index contributed by atoms with van der Waals surface area (Å²) in [6, 6.07) is 2.28. The van der Waals surface area contributed by atoms with E-state index in [9.17, 15) is 0 Å². The summed E-state index contributed by atoms with van der Waals surface area (Å²) in [6.45, 7) is 4.06.